The van der Waals surface area contributed by atoms with Gasteiger partial charge in [-0.1, -0.05) is 24.3 Å². The lowest BCUT2D eigenvalue weighted by Gasteiger charge is -2.21. The first-order valence-corrected chi connectivity index (χ1v) is 7.21. The molecule has 2 aliphatic rings. The van der Waals surface area contributed by atoms with Crippen LogP contribution in [0.3, 0.4) is 0 Å². The summed E-state index contributed by atoms with van der Waals surface area (Å²) in [4.78, 5) is 14.6. The molecule has 0 spiro atoms. The summed E-state index contributed by atoms with van der Waals surface area (Å²) in [7, 11) is 0. The summed E-state index contributed by atoms with van der Waals surface area (Å²) in [5.74, 6) is 0.394. The van der Waals surface area contributed by atoms with E-state index in [0.717, 1.165) is 17.3 Å². The Labute approximate surface area is 119 Å². The maximum absolute atomic E-state index is 12.7. The summed E-state index contributed by atoms with van der Waals surface area (Å²) in [5, 5.41) is 0. The van der Waals surface area contributed by atoms with Crippen molar-refractivity contribution in [3.8, 4) is 0 Å². The SMILES string of the molecule is O=C(c1occc1Br)N1C2CCC1c1ccccc12. The van der Waals surface area contributed by atoms with Crippen LogP contribution in [0.2, 0.25) is 0 Å². The van der Waals surface area contributed by atoms with E-state index >= 15 is 0 Å². The zero-order valence-electron chi connectivity index (χ0n) is 10.2. The Kier molecular flexibility index (Phi) is 2.36. The molecule has 96 valence electrons. The van der Waals surface area contributed by atoms with Crippen LogP contribution in [-0.4, -0.2) is 10.8 Å². The van der Waals surface area contributed by atoms with Gasteiger partial charge >= 0.3 is 0 Å². The van der Waals surface area contributed by atoms with Crippen LogP contribution in [0.15, 0.2) is 45.5 Å². The monoisotopic (exact) mass is 317 g/mol. The van der Waals surface area contributed by atoms with Crippen molar-refractivity contribution in [1.82, 2.24) is 4.90 Å². The molecule has 1 fully saturated rings. The normalized spacial score (nSPS) is 23.7. The first-order chi connectivity index (χ1) is 9.27. The van der Waals surface area contributed by atoms with E-state index in [2.05, 4.69) is 28.1 Å². The van der Waals surface area contributed by atoms with Crippen molar-refractivity contribution in [1.29, 1.82) is 0 Å². The molecule has 4 heteroatoms. The van der Waals surface area contributed by atoms with Crippen molar-refractivity contribution in [3.63, 3.8) is 0 Å². The first kappa shape index (κ1) is 11.3. The zero-order valence-corrected chi connectivity index (χ0v) is 11.8. The van der Waals surface area contributed by atoms with Gasteiger partial charge < -0.3 is 9.32 Å². The zero-order chi connectivity index (χ0) is 13.0. The van der Waals surface area contributed by atoms with Crippen molar-refractivity contribution in [2.45, 2.75) is 24.9 Å². The highest BCUT2D eigenvalue weighted by atomic mass is 79.9. The molecular formula is C15H12BrNO2. The van der Waals surface area contributed by atoms with Crippen molar-refractivity contribution in [2.24, 2.45) is 0 Å². The Morgan fingerprint density at radius 1 is 1.16 bits per heavy atom. The molecule has 2 unspecified atom stereocenters. The highest BCUT2D eigenvalue weighted by Gasteiger charge is 2.47. The Morgan fingerprint density at radius 2 is 1.79 bits per heavy atom. The van der Waals surface area contributed by atoms with Gasteiger partial charge in [0.05, 0.1) is 22.8 Å². The third-order valence-corrected chi connectivity index (χ3v) is 4.77. The number of hydrogen-bond acceptors (Lipinski definition) is 2. The number of carbonyl (C=O) groups excluding carboxylic acids is 1. The smallest absolute Gasteiger partial charge is 0.291 e. The largest absolute Gasteiger partial charge is 0.458 e. The van der Waals surface area contributed by atoms with E-state index in [1.54, 1.807) is 12.3 Å². The quantitative estimate of drug-likeness (QED) is 0.794. The summed E-state index contributed by atoms with van der Waals surface area (Å²) in [5.41, 5.74) is 2.60. The molecule has 19 heavy (non-hydrogen) atoms. The first-order valence-electron chi connectivity index (χ1n) is 6.42. The lowest BCUT2D eigenvalue weighted by atomic mass is 9.92. The molecule has 0 N–H and O–H groups in total. The molecule has 1 saturated heterocycles. The Hall–Kier alpha value is -1.55. The number of hydrogen-bond donors (Lipinski definition) is 0. The molecule has 4 rings (SSSR count). The van der Waals surface area contributed by atoms with E-state index in [0.29, 0.717) is 5.76 Å². The average molecular weight is 318 g/mol. The van der Waals surface area contributed by atoms with E-state index in [1.807, 2.05) is 17.0 Å². The van der Waals surface area contributed by atoms with Crippen LogP contribution in [0.5, 0.6) is 0 Å². The van der Waals surface area contributed by atoms with Crippen LogP contribution in [0.25, 0.3) is 0 Å². The third kappa shape index (κ3) is 1.46. The predicted octanol–water partition coefficient (Wildman–Crippen LogP) is 4.07. The molecule has 1 aromatic heterocycles. The summed E-state index contributed by atoms with van der Waals surface area (Å²) in [6.07, 6.45) is 3.64. The minimum atomic E-state index is -0.0134. The maximum atomic E-state index is 12.7. The predicted molar refractivity (Wildman–Crippen MR) is 73.7 cm³/mol. The fourth-order valence-electron chi connectivity index (χ4n) is 3.39. The lowest BCUT2D eigenvalue weighted by Crippen LogP contribution is -2.27. The van der Waals surface area contributed by atoms with Gasteiger partial charge in [0.2, 0.25) is 5.76 Å². The number of nitrogens with zero attached hydrogens (tertiary/aromatic N) is 1. The summed E-state index contributed by atoms with van der Waals surface area (Å²) in [6.45, 7) is 0. The highest BCUT2D eigenvalue weighted by molar-refractivity contribution is 9.10. The molecular weight excluding hydrogens is 306 g/mol. The van der Waals surface area contributed by atoms with Gasteiger partial charge in [0.1, 0.15) is 0 Å². The third-order valence-electron chi connectivity index (χ3n) is 4.15. The summed E-state index contributed by atoms with van der Waals surface area (Å²) >= 11 is 3.37. The highest BCUT2D eigenvalue weighted by Crippen LogP contribution is 2.53. The van der Waals surface area contributed by atoms with Gasteiger partial charge in [-0.15, -0.1) is 0 Å². The van der Waals surface area contributed by atoms with Crippen LogP contribution < -0.4 is 0 Å². The van der Waals surface area contributed by atoms with Gasteiger partial charge in [-0.05, 0) is 46.0 Å². The molecule has 0 aliphatic carbocycles. The van der Waals surface area contributed by atoms with E-state index in [1.165, 1.54) is 11.1 Å². The number of halogens is 1. The van der Waals surface area contributed by atoms with E-state index in [-0.39, 0.29) is 18.0 Å². The van der Waals surface area contributed by atoms with Crippen LogP contribution in [0.1, 0.15) is 46.6 Å². The molecule has 3 heterocycles. The van der Waals surface area contributed by atoms with E-state index in [4.69, 9.17) is 4.42 Å². The Balaban J connectivity index is 1.76. The van der Waals surface area contributed by atoms with Crippen molar-refractivity contribution in [2.75, 3.05) is 0 Å². The summed E-state index contributed by atoms with van der Waals surface area (Å²) in [6, 6.07) is 10.6. The second-order valence-electron chi connectivity index (χ2n) is 5.05. The van der Waals surface area contributed by atoms with Crippen molar-refractivity contribution >= 4 is 21.8 Å². The molecule has 3 nitrogen and oxygen atoms in total. The van der Waals surface area contributed by atoms with Gasteiger partial charge in [-0.25, -0.2) is 0 Å². The molecule has 1 amide bonds. The van der Waals surface area contributed by atoms with E-state index < -0.39 is 0 Å². The number of carbonyl (C=O) groups is 1. The topological polar surface area (TPSA) is 33.5 Å². The molecule has 2 aliphatic heterocycles. The summed E-state index contributed by atoms with van der Waals surface area (Å²) < 4.78 is 6.05. The van der Waals surface area contributed by atoms with E-state index in [9.17, 15) is 4.79 Å². The molecule has 2 aromatic rings. The van der Waals surface area contributed by atoms with Gasteiger partial charge in [0, 0.05) is 0 Å². The second kappa shape index (κ2) is 3.97. The minimum absolute atomic E-state index is 0.0134. The fourth-order valence-corrected chi connectivity index (χ4v) is 3.76. The Bertz CT molecular complexity index is 633. The van der Waals surface area contributed by atoms with Crippen LogP contribution >= 0.6 is 15.9 Å². The number of amides is 1. The fraction of sp³-hybridized carbons (Fsp3) is 0.267. The van der Waals surface area contributed by atoms with Crippen LogP contribution in [0.4, 0.5) is 0 Å². The number of rotatable bonds is 1. The minimum Gasteiger partial charge on any atom is -0.458 e. The molecule has 0 saturated carbocycles. The molecule has 0 radical (unpaired) electrons. The van der Waals surface area contributed by atoms with Gasteiger partial charge in [0.25, 0.3) is 5.91 Å². The van der Waals surface area contributed by atoms with Gasteiger partial charge in [-0.2, -0.15) is 0 Å². The number of fused-ring (bicyclic) bond motifs is 5. The second-order valence-corrected chi connectivity index (χ2v) is 5.90. The average Bonchev–Trinajstić information content (AvgIpc) is 3.11. The van der Waals surface area contributed by atoms with Crippen molar-refractivity contribution in [3.05, 3.63) is 58.0 Å². The maximum Gasteiger partial charge on any atom is 0.291 e. The van der Waals surface area contributed by atoms with Gasteiger partial charge in [0.15, 0.2) is 0 Å². The Morgan fingerprint density at radius 3 is 2.32 bits per heavy atom. The molecule has 2 bridgehead atoms. The van der Waals surface area contributed by atoms with Gasteiger partial charge in [-0.3, -0.25) is 4.79 Å². The standard InChI is InChI=1S/C15H12BrNO2/c16-11-7-8-19-14(11)15(18)17-12-5-6-13(17)10-4-2-1-3-9(10)12/h1-4,7-8,12-13H,5-6H2. The van der Waals surface area contributed by atoms with Crippen LogP contribution in [0, 0.1) is 0 Å². The molecule has 1 aromatic carbocycles. The van der Waals surface area contributed by atoms with Crippen LogP contribution in [-0.2, 0) is 0 Å². The lowest BCUT2D eigenvalue weighted by molar-refractivity contribution is 0.0662. The number of benzene rings is 1. The number of furan rings is 1. The van der Waals surface area contributed by atoms with Crippen molar-refractivity contribution < 1.29 is 9.21 Å². The molecule has 2 atom stereocenters.